The minimum Gasteiger partial charge on any atom is -0.462 e. The summed E-state index contributed by atoms with van der Waals surface area (Å²) in [4.78, 5) is 26.1. The van der Waals surface area contributed by atoms with Crippen LogP contribution in [0.25, 0.3) is 0 Å². The molecule has 3 unspecified atom stereocenters. The lowest BCUT2D eigenvalue weighted by Gasteiger charge is -2.24. The maximum Gasteiger partial charge on any atom is 0.306 e. The van der Waals surface area contributed by atoms with Crippen molar-refractivity contribution >= 4 is 11.9 Å². The highest BCUT2D eigenvalue weighted by Gasteiger charge is 2.24. The molecule has 0 aromatic carbocycles. The second-order valence-electron chi connectivity index (χ2n) is 16.8. The van der Waals surface area contributed by atoms with E-state index in [9.17, 15) is 19.8 Å². The lowest BCUT2D eigenvalue weighted by molar-refractivity contribution is -0.151. The third-order valence-corrected chi connectivity index (χ3v) is 11.2. The number of aliphatic hydroxyl groups is 2. The number of amides is 1. The van der Waals surface area contributed by atoms with Gasteiger partial charge < -0.3 is 20.3 Å². The van der Waals surface area contributed by atoms with Gasteiger partial charge in [0.25, 0.3) is 0 Å². The van der Waals surface area contributed by atoms with Crippen molar-refractivity contribution in [1.82, 2.24) is 5.32 Å². The van der Waals surface area contributed by atoms with E-state index in [0.29, 0.717) is 19.3 Å². The van der Waals surface area contributed by atoms with Crippen molar-refractivity contribution < 1.29 is 24.5 Å². The lowest BCUT2D eigenvalue weighted by atomic mass is 10.0. The van der Waals surface area contributed by atoms with E-state index in [1.807, 2.05) is 0 Å². The molecule has 0 radical (unpaired) electrons. The molecule has 0 aromatic rings. The van der Waals surface area contributed by atoms with Gasteiger partial charge in [0.2, 0.25) is 5.91 Å². The second-order valence-corrected chi connectivity index (χ2v) is 16.8. The maximum atomic E-state index is 13.2. The number of carbonyl (C=O) groups is 2. The van der Waals surface area contributed by atoms with Gasteiger partial charge in [-0.25, -0.2) is 0 Å². The van der Waals surface area contributed by atoms with Crippen LogP contribution in [-0.4, -0.2) is 46.9 Å². The SMILES string of the molecule is CC/C=C/C/C=C/C/C=C/CCCCCCC(=O)OC(CCCCCCCCCCCCCCCCC)CC(=O)NC(CO)C(O)CCCCCCCCCCC. The fourth-order valence-electron chi connectivity index (χ4n) is 7.50. The summed E-state index contributed by atoms with van der Waals surface area (Å²) in [7, 11) is 0. The maximum absolute atomic E-state index is 13.2. The van der Waals surface area contributed by atoms with E-state index < -0.39 is 18.2 Å². The number of nitrogens with one attached hydrogen (secondary N) is 1. The Balaban J connectivity index is 4.60. The van der Waals surface area contributed by atoms with Gasteiger partial charge in [0.05, 0.1) is 25.2 Å². The monoisotopic (exact) mass is 802 g/mol. The summed E-state index contributed by atoms with van der Waals surface area (Å²) in [6.07, 6.45) is 52.1. The van der Waals surface area contributed by atoms with Gasteiger partial charge in [-0.1, -0.05) is 218 Å². The normalized spacial score (nSPS) is 13.6. The van der Waals surface area contributed by atoms with Crippen molar-refractivity contribution in [3.05, 3.63) is 36.5 Å². The average Bonchev–Trinajstić information content (AvgIpc) is 3.20. The van der Waals surface area contributed by atoms with Crippen LogP contribution >= 0.6 is 0 Å². The molecule has 6 heteroatoms. The largest absolute Gasteiger partial charge is 0.462 e. The Morgan fingerprint density at radius 2 is 0.947 bits per heavy atom. The van der Waals surface area contributed by atoms with Gasteiger partial charge in [-0.15, -0.1) is 0 Å². The van der Waals surface area contributed by atoms with Crippen LogP contribution in [0.1, 0.15) is 252 Å². The van der Waals surface area contributed by atoms with E-state index in [1.54, 1.807) is 0 Å². The fraction of sp³-hybridized carbons (Fsp3) is 0.843. The van der Waals surface area contributed by atoms with E-state index >= 15 is 0 Å². The molecule has 334 valence electrons. The Morgan fingerprint density at radius 1 is 0.526 bits per heavy atom. The molecule has 3 atom stereocenters. The predicted molar refractivity (Wildman–Crippen MR) is 246 cm³/mol. The second kappa shape index (κ2) is 45.2. The van der Waals surface area contributed by atoms with Crippen molar-refractivity contribution in [2.24, 2.45) is 0 Å². The summed E-state index contributed by atoms with van der Waals surface area (Å²) in [5.74, 6) is -0.492. The number of hydrogen-bond acceptors (Lipinski definition) is 5. The standard InChI is InChI=1S/C51H95NO5/c1-4-7-10-13-16-19-21-23-25-26-28-31-33-36-39-42-47(57-51(56)44-41-38-35-32-29-27-24-22-20-17-14-11-8-5-2)45-50(55)52-48(46-53)49(54)43-40-37-34-30-18-15-12-9-6-3/h8,11,17,20,24,27,47-49,53-54H,4-7,9-10,12-16,18-19,21-23,25-26,28-46H2,1-3H3,(H,52,55)/b11-8+,20-17+,27-24+. The van der Waals surface area contributed by atoms with Crippen molar-refractivity contribution in [1.29, 1.82) is 0 Å². The quantitative estimate of drug-likeness (QED) is 0.0324. The number of allylic oxidation sites excluding steroid dienone is 6. The van der Waals surface area contributed by atoms with Gasteiger partial charge in [0.15, 0.2) is 0 Å². The molecule has 0 saturated heterocycles. The first-order chi connectivity index (χ1) is 28.0. The number of aliphatic hydroxyl groups excluding tert-OH is 2. The molecule has 0 rings (SSSR count). The van der Waals surface area contributed by atoms with Gasteiger partial charge in [-0.3, -0.25) is 9.59 Å². The first-order valence-electron chi connectivity index (χ1n) is 24.7. The van der Waals surface area contributed by atoms with Crippen molar-refractivity contribution in [2.75, 3.05) is 6.61 Å². The summed E-state index contributed by atoms with van der Waals surface area (Å²) < 4.78 is 5.92. The van der Waals surface area contributed by atoms with Crippen molar-refractivity contribution in [3.63, 3.8) is 0 Å². The number of rotatable bonds is 44. The Bertz CT molecular complexity index is 946. The van der Waals surface area contributed by atoms with E-state index in [4.69, 9.17) is 4.74 Å². The predicted octanol–water partition coefficient (Wildman–Crippen LogP) is 14.5. The number of carbonyl (C=O) groups excluding carboxylic acids is 2. The smallest absolute Gasteiger partial charge is 0.306 e. The Hall–Kier alpha value is -1.92. The molecule has 3 N–H and O–H groups in total. The zero-order chi connectivity index (χ0) is 41.7. The van der Waals surface area contributed by atoms with E-state index in [2.05, 4.69) is 62.5 Å². The molecule has 57 heavy (non-hydrogen) atoms. The number of ether oxygens (including phenoxy) is 1. The summed E-state index contributed by atoms with van der Waals surface area (Å²) in [6, 6.07) is -0.701. The number of unbranched alkanes of at least 4 members (excludes halogenated alkanes) is 26. The van der Waals surface area contributed by atoms with Crippen LogP contribution in [0.2, 0.25) is 0 Å². The molecule has 0 bridgehead atoms. The summed E-state index contributed by atoms with van der Waals surface area (Å²) in [6.45, 7) is 6.36. The molecule has 0 aliphatic rings. The molecule has 0 spiro atoms. The van der Waals surface area contributed by atoms with Crippen LogP contribution in [0.5, 0.6) is 0 Å². The Labute approximate surface area is 353 Å². The highest BCUT2D eigenvalue weighted by Crippen LogP contribution is 2.18. The van der Waals surface area contributed by atoms with Crippen LogP contribution < -0.4 is 5.32 Å². The van der Waals surface area contributed by atoms with E-state index in [1.165, 1.54) is 122 Å². The zero-order valence-electron chi connectivity index (χ0n) is 38.0. The first-order valence-corrected chi connectivity index (χ1v) is 24.7. The van der Waals surface area contributed by atoms with Crippen LogP contribution in [-0.2, 0) is 14.3 Å². The molecule has 1 amide bonds. The van der Waals surface area contributed by atoms with Gasteiger partial charge in [0, 0.05) is 6.42 Å². The van der Waals surface area contributed by atoms with Gasteiger partial charge >= 0.3 is 5.97 Å². The van der Waals surface area contributed by atoms with E-state index in [-0.39, 0.29) is 24.9 Å². The topological polar surface area (TPSA) is 95.9 Å². The van der Waals surface area contributed by atoms with Crippen LogP contribution in [0.4, 0.5) is 0 Å². The van der Waals surface area contributed by atoms with Crippen LogP contribution in [0.3, 0.4) is 0 Å². The van der Waals surface area contributed by atoms with Crippen molar-refractivity contribution in [2.45, 2.75) is 270 Å². The summed E-state index contributed by atoms with van der Waals surface area (Å²) in [5, 5.41) is 23.6. The fourth-order valence-corrected chi connectivity index (χ4v) is 7.50. The third-order valence-electron chi connectivity index (χ3n) is 11.2. The highest BCUT2D eigenvalue weighted by molar-refractivity contribution is 5.77. The van der Waals surface area contributed by atoms with Gasteiger partial charge in [-0.2, -0.15) is 0 Å². The summed E-state index contributed by atoms with van der Waals surface area (Å²) in [5.41, 5.74) is 0. The number of esters is 1. The molecule has 0 aromatic heterocycles. The molecule has 0 aliphatic heterocycles. The van der Waals surface area contributed by atoms with Crippen LogP contribution in [0, 0.1) is 0 Å². The minimum atomic E-state index is -0.787. The minimum absolute atomic E-state index is 0.0720. The summed E-state index contributed by atoms with van der Waals surface area (Å²) >= 11 is 0. The average molecular weight is 802 g/mol. The zero-order valence-corrected chi connectivity index (χ0v) is 38.0. The molecule has 6 nitrogen and oxygen atoms in total. The highest BCUT2D eigenvalue weighted by atomic mass is 16.5. The lowest BCUT2D eigenvalue weighted by Crippen LogP contribution is -2.46. The van der Waals surface area contributed by atoms with Gasteiger partial charge in [0.1, 0.15) is 6.10 Å². The third kappa shape index (κ3) is 40.6. The first kappa shape index (κ1) is 55.1. The molecule has 0 saturated carbocycles. The van der Waals surface area contributed by atoms with Gasteiger partial charge in [-0.05, 0) is 57.8 Å². The van der Waals surface area contributed by atoms with Crippen molar-refractivity contribution in [3.8, 4) is 0 Å². The number of hydrogen-bond donors (Lipinski definition) is 3. The molecule has 0 heterocycles. The Morgan fingerprint density at radius 3 is 1.44 bits per heavy atom. The molecule has 0 fully saturated rings. The molecular formula is C51H95NO5. The van der Waals surface area contributed by atoms with E-state index in [0.717, 1.165) is 83.5 Å². The molecule has 0 aliphatic carbocycles. The Kier molecular flexibility index (Phi) is 43.6. The molecular weight excluding hydrogens is 707 g/mol. The van der Waals surface area contributed by atoms with Crippen LogP contribution in [0.15, 0.2) is 36.5 Å².